The molecule has 66 valence electrons. The van der Waals surface area contributed by atoms with Gasteiger partial charge in [0.15, 0.2) is 0 Å². The molecule has 0 amide bonds. The Morgan fingerprint density at radius 3 is 2.67 bits per heavy atom. The van der Waals surface area contributed by atoms with Gasteiger partial charge in [0.2, 0.25) is 0 Å². The molecular formula is C9H12BrNO. The van der Waals surface area contributed by atoms with Gasteiger partial charge < -0.3 is 10.8 Å². The van der Waals surface area contributed by atoms with E-state index in [4.69, 9.17) is 5.73 Å². The number of aliphatic hydroxyl groups is 1. The van der Waals surface area contributed by atoms with Crippen molar-refractivity contribution in [1.29, 1.82) is 0 Å². The zero-order chi connectivity index (χ0) is 9.14. The number of nitrogens with two attached hydrogens (primary N) is 1. The highest BCUT2D eigenvalue weighted by Gasteiger charge is 2.11. The van der Waals surface area contributed by atoms with Crippen LogP contribution in [0.2, 0.25) is 0 Å². The fraction of sp³-hybridized carbons (Fsp3) is 0.333. The average molecular weight is 230 g/mol. The van der Waals surface area contributed by atoms with Gasteiger partial charge in [-0.15, -0.1) is 0 Å². The van der Waals surface area contributed by atoms with Crippen molar-refractivity contribution >= 4 is 15.9 Å². The van der Waals surface area contributed by atoms with Gasteiger partial charge in [-0.1, -0.05) is 28.1 Å². The molecule has 0 saturated heterocycles. The Morgan fingerprint density at radius 1 is 1.50 bits per heavy atom. The smallest absolute Gasteiger partial charge is 0.0704 e. The highest BCUT2D eigenvalue weighted by molar-refractivity contribution is 9.10. The number of aliphatic hydroxyl groups excluding tert-OH is 1. The predicted octanol–water partition coefficient (Wildman–Crippen LogP) is 1.83. The molecule has 1 rings (SSSR count). The molecule has 0 unspecified atom stereocenters. The van der Waals surface area contributed by atoms with Gasteiger partial charge in [0.25, 0.3) is 0 Å². The van der Waals surface area contributed by atoms with Gasteiger partial charge in [-0.05, 0) is 24.6 Å². The van der Waals surface area contributed by atoms with Crippen LogP contribution in [0.25, 0.3) is 0 Å². The number of hydrogen-bond acceptors (Lipinski definition) is 2. The second-order valence-corrected chi connectivity index (χ2v) is 3.74. The molecule has 1 aromatic rings. The van der Waals surface area contributed by atoms with Crippen LogP contribution >= 0.6 is 15.9 Å². The van der Waals surface area contributed by atoms with Crippen molar-refractivity contribution in [1.82, 2.24) is 0 Å². The summed E-state index contributed by atoms with van der Waals surface area (Å²) < 4.78 is 0.983. The van der Waals surface area contributed by atoms with E-state index in [0.29, 0.717) is 0 Å². The standard InChI is InChI=1S/C9H12BrNO/c1-6(12)9(11)7-3-2-4-8(10)5-7/h2-6,9,12H,11H2,1H3/t6-,9+/m1/s1. The quantitative estimate of drug-likeness (QED) is 0.814. The van der Waals surface area contributed by atoms with Gasteiger partial charge in [-0.3, -0.25) is 0 Å². The lowest BCUT2D eigenvalue weighted by Crippen LogP contribution is -2.22. The number of benzene rings is 1. The minimum Gasteiger partial charge on any atom is -0.391 e. The first-order chi connectivity index (χ1) is 5.61. The minimum atomic E-state index is -0.515. The molecule has 2 nitrogen and oxygen atoms in total. The molecule has 0 aliphatic rings. The summed E-state index contributed by atoms with van der Waals surface area (Å²) >= 11 is 3.34. The molecule has 3 N–H and O–H groups in total. The molecule has 3 heteroatoms. The molecule has 0 aliphatic heterocycles. The Labute approximate surface area is 80.5 Å². The minimum absolute atomic E-state index is 0.303. The van der Waals surface area contributed by atoms with Crippen LogP contribution in [0.15, 0.2) is 28.7 Å². The Balaban J connectivity index is 2.88. The molecule has 2 atom stereocenters. The van der Waals surface area contributed by atoms with Crippen LogP contribution in [0.5, 0.6) is 0 Å². The molecular weight excluding hydrogens is 218 g/mol. The Hall–Kier alpha value is -0.380. The van der Waals surface area contributed by atoms with E-state index in [2.05, 4.69) is 15.9 Å². The van der Waals surface area contributed by atoms with E-state index >= 15 is 0 Å². The lowest BCUT2D eigenvalue weighted by molar-refractivity contribution is 0.164. The molecule has 0 aromatic heterocycles. The largest absolute Gasteiger partial charge is 0.391 e. The summed E-state index contributed by atoms with van der Waals surface area (Å²) in [6, 6.07) is 7.35. The maximum Gasteiger partial charge on any atom is 0.0704 e. The summed E-state index contributed by atoms with van der Waals surface area (Å²) in [5.41, 5.74) is 6.68. The van der Waals surface area contributed by atoms with Crippen molar-refractivity contribution < 1.29 is 5.11 Å². The van der Waals surface area contributed by atoms with Gasteiger partial charge in [-0.25, -0.2) is 0 Å². The van der Waals surface area contributed by atoms with Crippen LogP contribution in [0.1, 0.15) is 18.5 Å². The number of hydrogen-bond donors (Lipinski definition) is 2. The normalized spacial score (nSPS) is 15.7. The maximum absolute atomic E-state index is 9.22. The van der Waals surface area contributed by atoms with Crippen LogP contribution in [0.4, 0.5) is 0 Å². The zero-order valence-corrected chi connectivity index (χ0v) is 8.45. The number of rotatable bonds is 2. The van der Waals surface area contributed by atoms with Crippen molar-refractivity contribution in [3.05, 3.63) is 34.3 Å². The second-order valence-electron chi connectivity index (χ2n) is 2.82. The summed E-state index contributed by atoms with van der Waals surface area (Å²) in [4.78, 5) is 0. The first kappa shape index (κ1) is 9.71. The van der Waals surface area contributed by atoms with E-state index in [0.717, 1.165) is 10.0 Å². The number of halogens is 1. The van der Waals surface area contributed by atoms with Crippen LogP contribution in [-0.4, -0.2) is 11.2 Å². The summed E-state index contributed by atoms with van der Waals surface area (Å²) in [7, 11) is 0. The molecule has 0 fully saturated rings. The van der Waals surface area contributed by atoms with E-state index < -0.39 is 6.10 Å². The second kappa shape index (κ2) is 4.03. The summed E-state index contributed by atoms with van der Waals surface area (Å²) in [5, 5.41) is 9.22. The third kappa shape index (κ3) is 2.30. The highest BCUT2D eigenvalue weighted by atomic mass is 79.9. The molecule has 12 heavy (non-hydrogen) atoms. The van der Waals surface area contributed by atoms with Crippen molar-refractivity contribution in [3.63, 3.8) is 0 Å². The van der Waals surface area contributed by atoms with Gasteiger partial charge >= 0.3 is 0 Å². The molecule has 0 heterocycles. The summed E-state index contributed by atoms with van der Waals surface area (Å²) in [6.45, 7) is 1.69. The van der Waals surface area contributed by atoms with E-state index in [1.165, 1.54) is 0 Å². The van der Waals surface area contributed by atoms with Gasteiger partial charge in [0, 0.05) is 4.47 Å². The van der Waals surface area contributed by atoms with Crippen LogP contribution in [0.3, 0.4) is 0 Å². The monoisotopic (exact) mass is 229 g/mol. The van der Waals surface area contributed by atoms with E-state index in [-0.39, 0.29) is 6.04 Å². The molecule has 0 aliphatic carbocycles. The third-order valence-corrected chi connectivity index (χ3v) is 2.25. The van der Waals surface area contributed by atoms with Gasteiger partial charge in [-0.2, -0.15) is 0 Å². The van der Waals surface area contributed by atoms with Gasteiger partial charge in [0.1, 0.15) is 0 Å². The molecule has 1 aromatic carbocycles. The topological polar surface area (TPSA) is 46.2 Å². The van der Waals surface area contributed by atoms with Crippen molar-refractivity contribution in [3.8, 4) is 0 Å². The van der Waals surface area contributed by atoms with Crippen LogP contribution < -0.4 is 5.73 Å². The SMILES string of the molecule is C[C@@H](O)[C@H](N)c1cccc(Br)c1. The average Bonchev–Trinajstić information content (AvgIpc) is 2.03. The summed E-state index contributed by atoms with van der Waals surface area (Å²) in [6.07, 6.45) is -0.515. The van der Waals surface area contributed by atoms with E-state index in [1.54, 1.807) is 6.92 Å². The molecule has 0 saturated carbocycles. The zero-order valence-electron chi connectivity index (χ0n) is 6.87. The highest BCUT2D eigenvalue weighted by Crippen LogP contribution is 2.18. The fourth-order valence-electron chi connectivity index (χ4n) is 0.992. The van der Waals surface area contributed by atoms with Gasteiger partial charge in [0.05, 0.1) is 12.1 Å². The Morgan fingerprint density at radius 2 is 2.17 bits per heavy atom. The van der Waals surface area contributed by atoms with Crippen molar-refractivity contribution in [2.24, 2.45) is 5.73 Å². The Kier molecular flexibility index (Phi) is 3.26. The first-order valence-corrected chi connectivity index (χ1v) is 4.59. The maximum atomic E-state index is 9.22. The van der Waals surface area contributed by atoms with Crippen molar-refractivity contribution in [2.45, 2.75) is 19.1 Å². The molecule has 0 radical (unpaired) electrons. The molecule has 0 bridgehead atoms. The third-order valence-electron chi connectivity index (χ3n) is 1.75. The first-order valence-electron chi connectivity index (χ1n) is 3.80. The van der Waals surface area contributed by atoms with E-state index in [1.807, 2.05) is 24.3 Å². The van der Waals surface area contributed by atoms with Crippen LogP contribution in [-0.2, 0) is 0 Å². The predicted molar refractivity (Wildman–Crippen MR) is 52.8 cm³/mol. The van der Waals surface area contributed by atoms with Crippen LogP contribution in [0, 0.1) is 0 Å². The fourth-order valence-corrected chi connectivity index (χ4v) is 1.41. The molecule has 0 spiro atoms. The summed E-state index contributed by atoms with van der Waals surface area (Å²) in [5.74, 6) is 0. The lowest BCUT2D eigenvalue weighted by Gasteiger charge is -2.14. The van der Waals surface area contributed by atoms with Crippen molar-refractivity contribution in [2.75, 3.05) is 0 Å². The van der Waals surface area contributed by atoms with E-state index in [9.17, 15) is 5.11 Å². The Bertz CT molecular complexity index is 262. The lowest BCUT2D eigenvalue weighted by atomic mass is 10.0.